The molecule has 1 aromatic carbocycles. The second-order valence-corrected chi connectivity index (χ2v) is 6.94. The van der Waals surface area contributed by atoms with E-state index in [1.54, 1.807) is 12.1 Å². The van der Waals surface area contributed by atoms with E-state index in [0.717, 1.165) is 11.3 Å². The Balaban J connectivity index is 1.74. The molecule has 2 aromatic heterocycles. The first-order chi connectivity index (χ1) is 14.5. The molecule has 0 spiro atoms. The molecular weight excluding hydrogens is 410 g/mol. The van der Waals surface area contributed by atoms with Crippen LogP contribution in [-0.2, 0) is 0 Å². The first-order valence-corrected chi connectivity index (χ1v) is 9.75. The number of nitro benzene ring substituents is 1. The number of carbonyl (C=O) groups excluding carboxylic acids is 1. The van der Waals surface area contributed by atoms with Gasteiger partial charge >= 0.3 is 11.4 Å². The van der Waals surface area contributed by atoms with Crippen LogP contribution in [0.15, 0.2) is 51.7 Å². The van der Waals surface area contributed by atoms with Gasteiger partial charge in [0, 0.05) is 11.6 Å². The molecule has 0 aliphatic heterocycles. The van der Waals surface area contributed by atoms with Crippen molar-refractivity contribution >= 4 is 29.1 Å². The quantitative estimate of drug-likeness (QED) is 0.322. The minimum Gasteiger partial charge on any atom is -0.487 e. The van der Waals surface area contributed by atoms with E-state index < -0.39 is 16.5 Å². The van der Waals surface area contributed by atoms with Crippen molar-refractivity contribution in [2.45, 2.75) is 13.3 Å². The number of hydrazone groups is 1. The van der Waals surface area contributed by atoms with Crippen molar-refractivity contribution in [1.82, 2.24) is 15.4 Å². The fourth-order valence-electron chi connectivity index (χ4n) is 2.45. The van der Waals surface area contributed by atoms with Gasteiger partial charge in [-0.3, -0.25) is 14.9 Å². The molecule has 0 aliphatic rings. The average Bonchev–Trinajstić information content (AvgIpc) is 3.27. The van der Waals surface area contributed by atoms with E-state index in [1.165, 1.54) is 35.8 Å². The van der Waals surface area contributed by atoms with E-state index in [9.17, 15) is 19.7 Å². The Morgan fingerprint density at radius 3 is 2.93 bits per heavy atom. The number of hydrogen-bond donors (Lipinski definition) is 2. The van der Waals surface area contributed by atoms with Gasteiger partial charge < -0.3 is 9.72 Å². The van der Waals surface area contributed by atoms with Gasteiger partial charge in [-0.25, -0.2) is 10.2 Å². The third-order valence-electron chi connectivity index (χ3n) is 3.79. The van der Waals surface area contributed by atoms with Crippen molar-refractivity contribution in [3.8, 4) is 16.3 Å². The van der Waals surface area contributed by atoms with Gasteiger partial charge in [0.15, 0.2) is 5.75 Å². The number of H-pyrrole nitrogens is 1. The van der Waals surface area contributed by atoms with Crippen molar-refractivity contribution in [3.63, 3.8) is 0 Å². The lowest BCUT2D eigenvalue weighted by atomic mass is 10.2. The molecule has 2 N–H and O–H groups in total. The molecule has 0 saturated carbocycles. The van der Waals surface area contributed by atoms with Gasteiger partial charge in [-0.2, -0.15) is 10.1 Å². The minimum absolute atomic E-state index is 0.103. The maximum Gasteiger partial charge on any atom is 0.346 e. The van der Waals surface area contributed by atoms with Crippen LogP contribution in [0.25, 0.3) is 10.6 Å². The molecule has 154 valence electrons. The highest BCUT2D eigenvalue weighted by atomic mass is 32.1. The molecule has 0 bridgehead atoms. The summed E-state index contributed by atoms with van der Waals surface area (Å²) in [4.78, 5) is 41.7. The van der Waals surface area contributed by atoms with Gasteiger partial charge in [-0.15, -0.1) is 11.3 Å². The first kappa shape index (κ1) is 20.9. The van der Waals surface area contributed by atoms with Gasteiger partial charge in [-0.05, 0) is 36.1 Å². The van der Waals surface area contributed by atoms with Gasteiger partial charge in [-0.1, -0.05) is 13.0 Å². The lowest BCUT2D eigenvalue weighted by Gasteiger charge is -2.05. The predicted octanol–water partition coefficient (Wildman–Crippen LogP) is 2.96. The Hall–Kier alpha value is -3.86. The van der Waals surface area contributed by atoms with Crippen molar-refractivity contribution in [1.29, 1.82) is 0 Å². The topological polar surface area (TPSA) is 140 Å². The van der Waals surface area contributed by atoms with Crippen molar-refractivity contribution in [2.75, 3.05) is 6.61 Å². The van der Waals surface area contributed by atoms with Gasteiger partial charge in [0.05, 0.1) is 28.3 Å². The number of aromatic amines is 1. The highest BCUT2D eigenvalue weighted by Gasteiger charge is 2.15. The molecule has 0 radical (unpaired) electrons. The molecule has 3 aromatic rings. The normalized spacial score (nSPS) is 10.8. The number of thiophene rings is 1. The van der Waals surface area contributed by atoms with E-state index in [4.69, 9.17) is 4.74 Å². The second-order valence-electron chi connectivity index (χ2n) is 5.99. The summed E-state index contributed by atoms with van der Waals surface area (Å²) in [6.45, 7) is 2.26. The maximum atomic E-state index is 12.3. The fraction of sp³-hybridized carbons (Fsp3) is 0.158. The third-order valence-corrected chi connectivity index (χ3v) is 4.69. The molecule has 3 rings (SSSR count). The number of nitrogens with zero attached hydrogens (tertiary/aromatic N) is 3. The molecule has 2 heterocycles. The molecule has 1 amide bonds. The number of nitrogens with one attached hydrogen (secondary N) is 2. The smallest absolute Gasteiger partial charge is 0.346 e. The van der Waals surface area contributed by atoms with Crippen LogP contribution in [-0.4, -0.2) is 33.6 Å². The van der Waals surface area contributed by atoms with Crippen LogP contribution in [0.2, 0.25) is 0 Å². The van der Waals surface area contributed by atoms with E-state index in [1.807, 2.05) is 18.4 Å². The number of carbonyl (C=O) groups is 1. The number of rotatable bonds is 8. The number of aromatic nitrogens is 2. The Morgan fingerprint density at radius 2 is 2.23 bits per heavy atom. The van der Waals surface area contributed by atoms with Crippen LogP contribution < -0.4 is 15.9 Å². The van der Waals surface area contributed by atoms with Crippen LogP contribution in [0.1, 0.15) is 29.4 Å². The molecule has 0 unspecified atom stereocenters. The Morgan fingerprint density at radius 1 is 1.40 bits per heavy atom. The molecule has 0 fully saturated rings. The van der Waals surface area contributed by atoms with E-state index in [2.05, 4.69) is 20.5 Å². The van der Waals surface area contributed by atoms with Gasteiger partial charge in [0.2, 0.25) is 0 Å². The average molecular weight is 427 g/mol. The summed E-state index contributed by atoms with van der Waals surface area (Å²) in [6.07, 6.45) is 1.97. The van der Waals surface area contributed by atoms with E-state index in [-0.39, 0.29) is 17.1 Å². The van der Waals surface area contributed by atoms with Crippen LogP contribution in [0.3, 0.4) is 0 Å². The summed E-state index contributed by atoms with van der Waals surface area (Å²) >= 11 is 1.41. The standard InChI is InChI=1S/C19H17N5O5S/c1-2-7-29-16-6-5-12(9-15(16)24(27)28)11-20-23-18(25)14-10-13(21-19(26)22-14)17-4-3-8-30-17/h3-6,8-11H,2,7H2,1H3,(H,23,25)(H,21,22,26)/b20-11+. The highest BCUT2D eigenvalue weighted by Crippen LogP contribution is 2.27. The minimum atomic E-state index is -0.687. The van der Waals surface area contributed by atoms with E-state index in [0.29, 0.717) is 17.9 Å². The summed E-state index contributed by atoms with van der Waals surface area (Å²) < 4.78 is 5.36. The fourth-order valence-corrected chi connectivity index (χ4v) is 3.15. The molecule has 0 saturated heterocycles. The van der Waals surface area contributed by atoms with Gasteiger partial charge in [0.1, 0.15) is 5.69 Å². The summed E-state index contributed by atoms with van der Waals surface area (Å²) in [6, 6.07) is 9.41. The summed E-state index contributed by atoms with van der Waals surface area (Å²) in [7, 11) is 0. The lowest BCUT2D eigenvalue weighted by molar-refractivity contribution is -0.385. The maximum absolute atomic E-state index is 12.3. The van der Waals surface area contributed by atoms with Crippen LogP contribution in [0.4, 0.5) is 5.69 Å². The zero-order chi connectivity index (χ0) is 21.5. The number of hydrogen-bond acceptors (Lipinski definition) is 8. The second kappa shape index (κ2) is 9.56. The summed E-state index contributed by atoms with van der Waals surface area (Å²) in [5.74, 6) is -0.524. The number of ether oxygens (including phenoxy) is 1. The largest absolute Gasteiger partial charge is 0.487 e. The Kier molecular flexibility index (Phi) is 6.65. The molecule has 0 aliphatic carbocycles. The molecule has 30 heavy (non-hydrogen) atoms. The molecule has 10 nitrogen and oxygen atoms in total. The number of amides is 1. The summed E-state index contributed by atoms with van der Waals surface area (Å²) in [5, 5.41) is 16.9. The number of nitro groups is 1. The Bertz CT molecular complexity index is 1140. The highest BCUT2D eigenvalue weighted by molar-refractivity contribution is 7.13. The lowest BCUT2D eigenvalue weighted by Crippen LogP contribution is -2.24. The monoisotopic (exact) mass is 427 g/mol. The number of benzene rings is 1. The van der Waals surface area contributed by atoms with Crippen LogP contribution in [0.5, 0.6) is 5.75 Å². The van der Waals surface area contributed by atoms with Crippen molar-refractivity contribution in [3.05, 3.63) is 73.6 Å². The molecular formula is C19H17N5O5S. The zero-order valence-electron chi connectivity index (χ0n) is 15.8. The van der Waals surface area contributed by atoms with Gasteiger partial charge in [0.25, 0.3) is 5.91 Å². The van der Waals surface area contributed by atoms with E-state index >= 15 is 0 Å². The zero-order valence-corrected chi connectivity index (χ0v) is 16.6. The summed E-state index contributed by atoms with van der Waals surface area (Å²) in [5.41, 5.74) is 2.16. The van der Waals surface area contributed by atoms with Crippen molar-refractivity contribution < 1.29 is 14.5 Å². The van der Waals surface area contributed by atoms with Crippen LogP contribution in [0, 0.1) is 10.1 Å². The molecule has 0 atom stereocenters. The first-order valence-electron chi connectivity index (χ1n) is 8.88. The predicted molar refractivity (Wildman–Crippen MR) is 112 cm³/mol. The van der Waals surface area contributed by atoms with Crippen LogP contribution >= 0.6 is 11.3 Å². The third kappa shape index (κ3) is 5.14. The molecule has 11 heteroatoms. The Labute approximate surface area is 174 Å². The van der Waals surface area contributed by atoms with Crippen molar-refractivity contribution in [2.24, 2.45) is 5.10 Å². The SMILES string of the molecule is CCCOc1ccc(/C=N/NC(=O)c2cc(-c3cccs3)[nH]c(=O)n2)cc1[N+](=O)[O-].